The zero-order valence-electron chi connectivity index (χ0n) is 14.6. The summed E-state index contributed by atoms with van der Waals surface area (Å²) in [5, 5.41) is 14.2. The number of hydrogen-bond acceptors (Lipinski definition) is 3. The van der Waals surface area contributed by atoms with Gasteiger partial charge >= 0.3 is 6.09 Å². The summed E-state index contributed by atoms with van der Waals surface area (Å²) in [4.78, 5) is 30.0. The van der Waals surface area contributed by atoms with Gasteiger partial charge in [0, 0.05) is 47.9 Å². The molecule has 136 valence electrons. The lowest BCUT2D eigenvalue weighted by Gasteiger charge is -2.18. The minimum Gasteiger partial charge on any atom is -0.465 e. The molecule has 2 N–H and O–H groups in total. The number of nitrogens with one attached hydrogen (secondary N) is 1. The molecule has 0 spiro atoms. The second kappa shape index (κ2) is 7.07. The average molecular weight is 361 g/mol. The topological polar surface area (TPSA) is 82.5 Å². The Kier molecular flexibility index (Phi) is 4.46. The van der Waals surface area contributed by atoms with Crippen LogP contribution in [0.5, 0.6) is 0 Å². The van der Waals surface area contributed by atoms with Crippen molar-refractivity contribution in [1.82, 2.24) is 9.88 Å². The normalized spacial score (nSPS) is 19.2. The third-order valence-corrected chi connectivity index (χ3v) is 5.09. The molecule has 0 radical (unpaired) electrons. The van der Waals surface area contributed by atoms with Gasteiger partial charge in [-0.2, -0.15) is 0 Å². The highest BCUT2D eigenvalue weighted by molar-refractivity contribution is 6.03. The summed E-state index contributed by atoms with van der Waals surface area (Å²) >= 11 is 0. The fraction of sp³-hybridized carbons (Fsp3) is 0.190. The summed E-state index contributed by atoms with van der Waals surface area (Å²) in [5.41, 5.74) is 1.68. The zero-order valence-corrected chi connectivity index (χ0v) is 14.6. The molecule has 0 bridgehead atoms. The summed E-state index contributed by atoms with van der Waals surface area (Å²) in [5.74, 6) is -0.781. The number of carbonyl (C=O) groups excluding carboxylic acids is 1. The Morgan fingerprint density at radius 3 is 2.63 bits per heavy atom. The number of likely N-dealkylation sites (tertiary alicyclic amines) is 1. The maximum atomic E-state index is 13.1. The lowest BCUT2D eigenvalue weighted by Crippen LogP contribution is -2.30. The molecule has 4 rings (SSSR count). The van der Waals surface area contributed by atoms with E-state index >= 15 is 0 Å². The predicted molar refractivity (Wildman–Crippen MR) is 103 cm³/mol. The molecule has 1 saturated heterocycles. The molecule has 1 aliphatic heterocycles. The van der Waals surface area contributed by atoms with Gasteiger partial charge in [-0.3, -0.25) is 9.78 Å². The molecule has 27 heavy (non-hydrogen) atoms. The van der Waals surface area contributed by atoms with Crippen LogP contribution >= 0.6 is 0 Å². The number of amides is 2. The van der Waals surface area contributed by atoms with Gasteiger partial charge in [-0.25, -0.2) is 4.79 Å². The molecule has 2 aromatic carbocycles. The second-order valence-corrected chi connectivity index (χ2v) is 6.70. The van der Waals surface area contributed by atoms with Crippen molar-refractivity contribution in [2.24, 2.45) is 5.92 Å². The highest BCUT2D eigenvalue weighted by atomic mass is 16.4. The number of rotatable bonds is 3. The first-order valence-corrected chi connectivity index (χ1v) is 8.80. The SMILES string of the molecule is O=C(Nc1cccc2cnccc12)[C@H]1CN(C(=O)O)C[C@H]1c1ccccc1. The molecule has 2 heterocycles. The van der Waals surface area contributed by atoms with E-state index in [0.29, 0.717) is 12.2 Å². The molecule has 0 unspecified atom stereocenters. The first kappa shape index (κ1) is 17.0. The van der Waals surface area contributed by atoms with Gasteiger partial charge in [0.25, 0.3) is 0 Å². The number of benzene rings is 2. The molecule has 6 heteroatoms. The lowest BCUT2D eigenvalue weighted by molar-refractivity contribution is -0.119. The van der Waals surface area contributed by atoms with E-state index in [4.69, 9.17) is 0 Å². The van der Waals surface area contributed by atoms with Gasteiger partial charge in [-0.05, 0) is 17.7 Å². The molecular formula is C21H19N3O3. The van der Waals surface area contributed by atoms with Gasteiger partial charge in [0.15, 0.2) is 0 Å². The van der Waals surface area contributed by atoms with Crippen molar-refractivity contribution in [3.8, 4) is 0 Å². The first-order chi connectivity index (χ1) is 13.1. The van der Waals surface area contributed by atoms with Crippen molar-refractivity contribution >= 4 is 28.5 Å². The molecule has 1 fully saturated rings. The van der Waals surface area contributed by atoms with Crippen LogP contribution in [-0.2, 0) is 4.79 Å². The smallest absolute Gasteiger partial charge is 0.407 e. The Morgan fingerprint density at radius 2 is 1.85 bits per heavy atom. The van der Waals surface area contributed by atoms with Crippen LogP contribution in [0, 0.1) is 5.92 Å². The van der Waals surface area contributed by atoms with Gasteiger partial charge in [0.05, 0.1) is 5.92 Å². The van der Waals surface area contributed by atoms with E-state index in [9.17, 15) is 14.7 Å². The second-order valence-electron chi connectivity index (χ2n) is 6.70. The van der Waals surface area contributed by atoms with Crippen LogP contribution in [0.3, 0.4) is 0 Å². The van der Waals surface area contributed by atoms with E-state index in [-0.39, 0.29) is 18.4 Å². The maximum Gasteiger partial charge on any atom is 0.407 e. The standard InChI is InChI=1S/C21H19N3O3/c25-20(23-19-8-4-7-15-11-22-10-9-16(15)19)18-13-24(21(26)27)12-17(18)14-5-2-1-3-6-14/h1-11,17-18H,12-13H2,(H,23,25)(H,26,27)/t17-,18-/m0/s1. The highest BCUT2D eigenvalue weighted by Gasteiger charge is 2.40. The van der Waals surface area contributed by atoms with Crippen LogP contribution in [0.1, 0.15) is 11.5 Å². The number of carbonyl (C=O) groups is 2. The van der Waals surface area contributed by atoms with E-state index in [1.54, 1.807) is 12.4 Å². The van der Waals surface area contributed by atoms with Crippen molar-refractivity contribution < 1.29 is 14.7 Å². The molecule has 6 nitrogen and oxygen atoms in total. The van der Waals surface area contributed by atoms with Gasteiger partial charge in [-0.1, -0.05) is 42.5 Å². The van der Waals surface area contributed by atoms with Crippen LogP contribution in [0.2, 0.25) is 0 Å². The summed E-state index contributed by atoms with van der Waals surface area (Å²) in [6, 6.07) is 17.1. The maximum absolute atomic E-state index is 13.1. The minimum atomic E-state index is -0.998. The number of fused-ring (bicyclic) bond motifs is 1. The summed E-state index contributed by atoms with van der Waals surface area (Å²) < 4.78 is 0. The average Bonchev–Trinajstić information content (AvgIpc) is 3.15. The third kappa shape index (κ3) is 3.33. The number of hydrogen-bond donors (Lipinski definition) is 2. The van der Waals surface area contributed by atoms with Gasteiger partial charge in [0.2, 0.25) is 5.91 Å². The summed E-state index contributed by atoms with van der Waals surface area (Å²) in [6.07, 6.45) is 2.44. The number of pyridine rings is 1. The Balaban J connectivity index is 1.63. The van der Waals surface area contributed by atoms with Crippen molar-refractivity contribution in [2.75, 3.05) is 18.4 Å². The van der Waals surface area contributed by atoms with E-state index in [0.717, 1.165) is 16.3 Å². The predicted octanol–water partition coefficient (Wildman–Crippen LogP) is 3.57. The third-order valence-electron chi connectivity index (χ3n) is 5.09. The van der Waals surface area contributed by atoms with Crippen LogP contribution in [0.4, 0.5) is 10.5 Å². The van der Waals surface area contributed by atoms with Crippen LogP contribution < -0.4 is 5.32 Å². The van der Waals surface area contributed by atoms with Crippen LogP contribution in [0.15, 0.2) is 67.0 Å². The van der Waals surface area contributed by atoms with Crippen molar-refractivity contribution in [1.29, 1.82) is 0 Å². The Bertz CT molecular complexity index is 985. The molecule has 2 atom stereocenters. The number of carboxylic acid groups (broad SMARTS) is 1. The van der Waals surface area contributed by atoms with E-state index in [1.807, 2.05) is 54.6 Å². The molecule has 0 aliphatic carbocycles. The van der Waals surface area contributed by atoms with Crippen LogP contribution in [0.25, 0.3) is 10.8 Å². The summed E-state index contributed by atoms with van der Waals surface area (Å²) in [6.45, 7) is 0.504. The molecular weight excluding hydrogens is 342 g/mol. The Labute approximate surface area is 156 Å². The number of aromatic nitrogens is 1. The first-order valence-electron chi connectivity index (χ1n) is 8.80. The van der Waals surface area contributed by atoms with Crippen molar-refractivity contribution in [3.63, 3.8) is 0 Å². The monoisotopic (exact) mass is 361 g/mol. The van der Waals surface area contributed by atoms with E-state index < -0.39 is 12.0 Å². The Hall–Kier alpha value is -3.41. The largest absolute Gasteiger partial charge is 0.465 e. The van der Waals surface area contributed by atoms with Gasteiger partial charge in [0.1, 0.15) is 0 Å². The fourth-order valence-corrected chi connectivity index (χ4v) is 3.72. The lowest BCUT2D eigenvalue weighted by atomic mass is 9.88. The minimum absolute atomic E-state index is 0.168. The number of nitrogens with zero attached hydrogens (tertiary/aromatic N) is 2. The van der Waals surface area contributed by atoms with Gasteiger partial charge in [-0.15, -0.1) is 0 Å². The van der Waals surface area contributed by atoms with E-state index in [2.05, 4.69) is 10.3 Å². The molecule has 1 aromatic heterocycles. The van der Waals surface area contributed by atoms with Crippen LogP contribution in [-0.4, -0.2) is 40.1 Å². The molecule has 1 aliphatic rings. The molecule has 0 saturated carbocycles. The van der Waals surface area contributed by atoms with Gasteiger partial charge < -0.3 is 15.3 Å². The summed E-state index contributed by atoms with van der Waals surface area (Å²) in [7, 11) is 0. The number of anilines is 1. The Morgan fingerprint density at radius 1 is 1.04 bits per heavy atom. The molecule has 2 amide bonds. The van der Waals surface area contributed by atoms with Crippen molar-refractivity contribution in [2.45, 2.75) is 5.92 Å². The van der Waals surface area contributed by atoms with E-state index in [1.165, 1.54) is 4.90 Å². The highest BCUT2D eigenvalue weighted by Crippen LogP contribution is 2.34. The quantitative estimate of drug-likeness (QED) is 0.747. The fourth-order valence-electron chi connectivity index (χ4n) is 3.72. The van der Waals surface area contributed by atoms with Crippen molar-refractivity contribution in [3.05, 3.63) is 72.6 Å². The zero-order chi connectivity index (χ0) is 18.8. The molecule has 3 aromatic rings.